The Labute approximate surface area is 152 Å². The molecule has 0 radical (unpaired) electrons. The zero-order valence-electron chi connectivity index (χ0n) is 15.0. The monoisotopic (exact) mass is 356 g/mol. The Morgan fingerprint density at radius 3 is 2.73 bits per heavy atom. The van der Waals surface area contributed by atoms with Crippen LogP contribution >= 0.6 is 0 Å². The van der Waals surface area contributed by atoms with Gasteiger partial charge in [0, 0.05) is 23.2 Å². The number of amides is 2. The van der Waals surface area contributed by atoms with Crippen LogP contribution in [0.2, 0.25) is 0 Å². The summed E-state index contributed by atoms with van der Waals surface area (Å²) in [6.07, 6.45) is 1.53. The second kappa shape index (κ2) is 7.70. The summed E-state index contributed by atoms with van der Waals surface area (Å²) in [5.41, 5.74) is 2.35. The second-order valence-electron chi connectivity index (χ2n) is 6.71. The Kier molecular flexibility index (Phi) is 5.37. The van der Waals surface area contributed by atoms with Crippen molar-refractivity contribution in [1.29, 1.82) is 0 Å². The summed E-state index contributed by atoms with van der Waals surface area (Å²) in [6, 6.07) is 9.63. The van der Waals surface area contributed by atoms with Crippen molar-refractivity contribution >= 4 is 28.6 Å². The molecule has 2 aromatic rings. The van der Waals surface area contributed by atoms with Gasteiger partial charge in [0.25, 0.3) is 0 Å². The van der Waals surface area contributed by atoms with E-state index in [0.717, 1.165) is 29.4 Å². The minimum atomic E-state index is -0.820. The normalized spacial score (nSPS) is 19.2. The van der Waals surface area contributed by atoms with Crippen LogP contribution in [-0.2, 0) is 4.79 Å². The molecule has 7 heteroatoms. The highest BCUT2D eigenvalue weighted by Gasteiger charge is 2.34. The Morgan fingerprint density at radius 1 is 1.27 bits per heavy atom. The van der Waals surface area contributed by atoms with E-state index in [2.05, 4.69) is 15.6 Å². The van der Waals surface area contributed by atoms with Crippen LogP contribution in [0, 0.1) is 6.92 Å². The van der Waals surface area contributed by atoms with Crippen LogP contribution < -0.4 is 10.6 Å². The van der Waals surface area contributed by atoms with Crippen LogP contribution in [0.5, 0.6) is 0 Å². The number of benzene rings is 1. The summed E-state index contributed by atoms with van der Waals surface area (Å²) in [7, 11) is 0. The fourth-order valence-electron chi connectivity index (χ4n) is 3.37. The molecule has 2 amide bonds. The van der Waals surface area contributed by atoms with Crippen LogP contribution in [0.15, 0.2) is 30.3 Å². The van der Waals surface area contributed by atoms with Crippen molar-refractivity contribution in [3.05, 3.63) is 36.0 Å². The highest BCUT2D eigenvalue weighted by atomic mass is 16.4. The zero-order valence-corrected chi connectivity index (χ0v) is 15.0. The van der Waals surface area contributed by atoms with E-state index in [4.69, 9.17) is 5.11 Å². The predicted molar refractivity (Wildman–Crippen MR) is 100 cm³/mol. The number of likely N-dealkylation sites (N-methyl/N-ethyl adjacent to an activating group) is 1. The third-order valence-corrected chi connectivity index (χ3v) is 4.82. The molecule has 0 bridgehead atoms. The first kappa shape index (κ1) is 18.1. The average Bonchev–Trinajstić information content (AvgIpc) is 2.56. The van der Waals surface area contributed by atoms with Gasteiger partial charge < -0.3 is 15.7 Å². The molecule has 138 valence electrons. The largest absolute Gasteiger partial charge is 0.480 e. The number of fused-ring (bicyclic) bond motifs is 1. The quantitative estimate of drug-likeness (QED) is 0.740. The fourth-order valence-corrected chi connectivity index (χ4v) is 3.37. The van der Waals surface area contributed by atoms with Crippen molar-refractivity contribution in [2.24, 2.45) is 0 Å². The number of pyridine rings is 1. The van der Waals surface area contributed by atoms with Gasteiger partial charge in [-0.3, -0.25) is 14.7 Å². The number of carboxylic acid groups (broad SMARTS) is 1. The summed E-state index contributed by atoms with van der Waals surface area (Å²) in [5.74, 6) is -0.820. The summed E-state index contributed by atoms with van der Waals surface area (Å²) in [5, 5.41) is 15.7. The summed E-state index contributed by atoms with van der Waals surface area (Å²) in [4.78, 5) is 29.6. The predicted octanol–water partition coefficient (Wildman–Crippen LogP) is 2.60. The minimum Gasteiger partial charge on any atom is -0.480 e. The lowest BCUT2D eigenvalue weighted by atomic mass is 9.85. The molecule has 7 nitrogen and oxygen atoms in total. The number of para-hydroxylation sites is 1. The molecular formula is C19H24N4O3. The third-order valence-electron chi connectivity index (χ3n) is 4.82. The van der Waals surface area contributed by atoms with Gasteiger partial charge in [-0.25, -0.2) is 4.79 Å². The molecule has 1 fully saturated rings. The summed E-state index contributed by atoms with van der Waals surface area (Å²) in [6.45, 7) is 4.60. The topological polar surface area (TPSA) is 94.6 Å². The van der Waals surface area contributed by atoms with Crippen LogP contribution in [0.3, 0.4) is 0 Å². The number of carbonyl (C=O) groups excluding carboxylic acids is 1. The molecule has 0 saturated heterocycles. The van der Waals surface area contributed by atoms with Gasteiger partial charge in [-0.05, 0) is 38.4 Å². The molecule has 1 aromatic heterocycles. The van der Waals surface area contributed by atoms with Gasteiger partial charge in [0.05, 0.1) is 17.7 Å². The average molecular weight is 356 g/mol. The first-order valence-corrected chi connectivity index (χ1v) is 8.86. The smallest absolute Gasteiger partial charge is 0.319 e. The van der Waals surface area contributed by atoms with Gasteiger partial charge in [0.15, 0.2) is 0 Å². The molecule has 1 aromatic carbocycles. The Hall–Kier alpha value is -2.67. The van der Waals surface area contributed by atoms with E-state index in [9.17, 15) is 9.59 Å². The molecule has 1 aliphatic carbocycles. The molecule has 1 saturated carbocycles. The standard InChI is InChI=1S/C19H24N4O3/c1-3-23(11-17(24)25)15-9-14(10-15)21-19(26)22-16-6-4-5-13-8-7-12(2)20-18(13)16/h4-8,14-15H,3,9-11H2,1-2H3,(H,24,25)(H2,21,22,26). The lowest BCUT2D eigenvalue weighted by Gasteiger charge is -2.42. The van der Waals surface area contributed by atoms with Crippen molar-refractivity contribution in [2.45, 2.75) is 38.8 Å². The lowest BCUT2D eigenvalue weighted by Crippen LogP contribution is -2.55. The first-order valence-electron chi connectivity index (χ1n) is 8.86. The van der Waals surface area contributed by atoms with Crippen LogP contribution in [0.1, 0.15) is 25.5 Å². The van der Waals surface area contributed by atoms with E-state index in [0.29, 0.717) is 12.2 Å². The number of nitrogens with one attached hydrogen (secondary N) is 2. The number of anilines is 1. The number of carbonyl (C=O) groups is 2. The van der Waals surface area contributed by atoms with Gasteiger partial charge >= 0.3 is 12.0 Å². The summed E-state index contributed by atoms with van der Waals surface area (Å²) < 4.78 is 0. The van der Waals surface area contributed by atoms with Gasteiger partial charge in [-0.1, -0.05) is 25.1 Å². The fraction of sp³-hybridized carbons (Fsp3) is 0.421. The number of nitrogens with zero attached hydrogens (tertiary/aromatic N) is 2. The molecule has 0 atom stereocenters. The number of hydrogen-bond acceptors (Lipinski definition) is 4. The van der Waals surface area contributed by atoms with Crippen molar-refractivity contribution in [3.63, 3.8) is 0 Å². The van der Waals surface area contributed by atoms with E-state index in [1.165, 1.54) is 0 Å². The Balaban J connectivity index is 1.56. The van der Waals surface area contributed by atoms with Crippen molar-refractivity contribution < 1.29 is 14.7 Å². The number of aromatic nitrogens is 1. The van der Waals surface area contributed by atoms with Crippen LogP contribution in [-0.4, -0.2) is 52.2 Å². The first-order chi connectivity index (χ1) is 12.5. The molecule has 26 heavy (non-hydrogen) atoms. The number of urea groups is 1. The minimum absolute atomic E-state index is 0.0428. The van der Waals surface area contributed by atoms with E-state index in [-0.39, 0.29) is 24.7 Å². The molecule has 0 unspecified atom stereocenters. The number of aliphatic carboxylic acids is 1. The maximum absolute atomic E-state index is 12.3. The number of hydrogen-bond donors (Lipinski definition) is 3. The van der Waals surface area contributed by atoms with Gasteiger partial charge in [-0.2, -0.15) is 0 Å². The Morgan fingerprint density at radius 2 is 2.04 bits per heavy atom. The van der Waals surface area contributed by atoms with E-state index in [1.54, 1.807) is 0 Å². The summed E-state index contributed by atoms with van der Waals surface area (Å²) >= 11 is 0. The molecule has 3 N–H and O–H groups in total. The SMILES string of the molecule is CCN(CC(=O)O)C1CC(NC(=O)Nc2cccc3ccc(C)nc23)C1. The van der Waals surface area contributed by atoms with E-state index in [1.807, 2.05) is 49.1 Å². The van der Waals surface area contributed by atoms with E-state index < -0.39 is 5.97 Å². The second-order valence-corrected chi connectivity index (χ2v) is 6.71. The highest BCUT2D eigenvalue weighted by molar-refractivity contribution is 5.99. The van der Waals surface area contributed by atoms with Crippen LogP contribution in [0.4, 0.5) is 10.5 Å². The zero-order chi connectivity index (χ0) is 18.7. The molecule has 1 aliphatic rings. The maximum Gasteiger partial charge on any atom is 0.319 e. The number of carboxylic acids is 1. The Bertz CT molecular complexity index is 818. The van der Waals surface area contributed by atoms with Crippen molar-refractivity contribution in [1.82, 2.24) is 15.2 Å². The van der Waals surface area contributed by atoms with Gasteiger partial charge in [0.1, 0.15) is 0 Å². The third kappa shape index (κ3) is 4.11. The van der Waals surface area contributed by atoms with Gasteiger partial charge in [0.2, 0.25) is 0 Å². The molecule has 3 rings (SSSR count). The number of rotatable bonds is 6. The van der Waals surface area contributed by atoms with Crippen molar-refractivity contribution in [3.8, 4) is 0 Å². The molecule has 1 heterocycles. The van der Waals surface area contributed by atoms with E-state index >= 15 is 0 Å². The van der Waals surface area contributed by atoms with Crippen molar-refractivity contribution in [2.75, 3.05) is 18.4 Å². The maximum atomic E-state index is 12.3. The van der Waals surface area contributed by atoms with Gasteiger partial charge in [-0.15, -0.1) is 0 Å². The number of aryl methyl sites for hydroxylation is 1. The molecule has 0 aliphatic heterocycles. The van der Waals surface area contributed by atoms with Crippen LogP contribution in [0.25, 0.3) is 10.9 Å². The highest BCUT2D eigenvalue weighted by Crippen LogP contribution is 2.26. The molecule has 0 spiro atoms. The lowest BCUT2D eigenvalue weighted by molar-refractivity contribution is -0.139. The molecular weight excluding hydrogens is 332 g/mol.